The number of carbonyl (C=O) groups is 1. The van der Waals surface area contributed by atoms with Crippen molar-refractivity contribution in [3.63, 3.8) is 0 Å². The molecule has 2 aromatic heterocycles. The van der Waals surface area contributed by atoms with E-state index in [2.05, 4.69) is 15.5 Å². The first kappa shape index (κ1) is 11.4. The number of nitrogens with one attached hydrogen (secondary N) is 1. The van der Waals surface area contributed by atoms with Gasteiger partial charge in [-0.05, 0) is 24.3 Å². The van der Waals surface area contributed by atoms with Crippen LogP contribution in [-0.2, 0) is 11.2 Å². The van der Waals surface area contributed by atoms with Crippen molar-refractivity contribution < 1.29 is 9.32 Å². The zero-order valence-corrected chi connectivity index (χ0v) is 10.0. The average Bonchev–Trinajstić information content (AvgIpc) is 2.83. The maximum Gasteiger partial charge on any atom is 0.230 e. The van der Waals surface area contributed by atoms with Crippen molar-refractivity contribution >= 4 is 22.6 Å². The first-order valence-corrected chi connectivity index (χ1v) is 5.86. The second-order valence-electron chi connectivity index (χ2n) is 4.09. The Balaban J connectivity index is 1.76. The molecule has 0 unspecified atom stereocenters. The SMILES string of the molecule is O=C(Cc1noc2ccccc12)Nc1ccncc1. The molecule has 0 aliphatic rings. The minimum Gasteiger partial charge on any atom is -0.356 e. The predicted molar refractivity (Wildman–Crippen MR) is 70.6 cm³/mol. The average molecular weight is 253 g/mol. The quantitative estimate of drug-likeness (QED) is 0.778. The molecule has 0 saturated carbocycles. The van der Waals surface area contributed by atoms with E-state index in [9.17, 15) is 4.79 Å². The number of hydrogen-bond donors (Lipinski definition) is 1. The van der Waals surface area contributed by atoms with Gasteiger partial charge in [0.25, 0.3) is 0 Å². The summed E-state index contributed by atoms with van der Waals surface area (Å²) in [5, 5.41) is 7.58. The van der Waals surface area contributed by atoms with Crippen molar-refractivity contribution in [3.8, 4) is 0 Å². The Hall–Kier alpha value is -2.69. The van der Waals surface area contributed by atoms with Gasteiger partial charge in [-0.1, -0.05) is 17.3 Å². The number of carbonyl (C=O) groups excluding carboxylic acids is 1. The highest BCUT2D eigenvalue weighted by Gasteiger charge is 2.11. The molecular weight excluding hydrogens is 242 g/mol. The zero-order valence-electron chi connectivity index (χ0n) is 10.0. The van der Waals surface area contributed by atoms with E-state index < -0.39 is 0 Å². The number of hydrogen-bond acceptors (Lipinski definition) is 4. The van der Waals surface area contributed by atoms with Crippen LogP contribution in [0.5, 0.6) is 0 Å². The van der Waals surface area contributed by atoms with E-state index in [-0.39, 0.29) is 12.3 Å². The van der Waals surface area contributed by atoms with Crippen molar-refractivity contribution in [2.45, 2.75) is 6.42 Å². The molecule has 0 fully saturated rings. The fourth-order valence-corrected chi connectivity index (χ4v) is 1.86. The van der Waals surface area contributed by atoms with Crippen molar-refractivity contribution in [1.29, 1.82) is 0 Å². The molecule has 3 aromatic rings. The Labute approximate surface area is 109 Å². The molecule has 1 aromatic carbocycles. The Morgan fingerprint density at radius 3 is 2.79 bits per heavy atom. The number of fused-ring (bicyclic) bond motifs is 1. The normalized spacial score (nSPS) is 10.5. The van der Waals surface area contributed by atoms with Crippen LogP contribution < -0.4 is 5.32 Å². The lowest BCUT2D eigenvalue weighted by Gasteiger charge is -2.02. The van der Waals surface area contributed by atoms with Crippen molar-refractivity contribution in [3.05, 3.63) is 54.5 Å². The lowest BCUT2D eigenvalue weighted by atomic mass is 10.1. The minimum absolute atomic E-state index is 0.134. The fourth-order valence-electron chi connectivity index (χ4n) is 1.86. The van der Waals surface area contributed by atoms with Gasteiger partial charge in [-0.15, -0.1) is 0 Å². The van der Waals surface area contributed by atoms with Crippen LogP contribution in [0.3, 0.4) is 0 Å². The van der Waals surface area contributed by atoms with E-state index >= 15 is 0 Å². The van der Waals surface area contributed by atoms with Gasteiger partial charge in [0.2, 0.25) is 5.91 Å². The standard InChI is InChI=1S/C14H11N3O2/c18-14(16-10-5-7-15-8-6-10)9-12-11-3-1-2-4-13(11)19-17-12/h1-8H,9H2,(H,15,16,18). The second-order valence-corrected chi connectivity index (χ2v) is 4.09. The molecule has 0 radical (unpaired) electrons. The molecule has 5 nitrogen and oxygen atoms in total. The van der Waals surface area contributed by atoms with Gasteiger partial charge in [0.1, 0.15) is 5.69 Å². The van der Waals surface area contributed by atoms with E-state index in [1.807, 2.05) is 24.3 Å². The molecule has 0 saturated heterocycles. The third kappa shape index (κ3) is 2.44. The Morgan fingerprint density at radius 1 is 1.16 bits per heavy atom. The first-order chi connectivity index (χ1) is 9.33. The van der Waals surface area contributed by atoms with Crippen LogP contribution >= 0.6 is 0 Å². The molecular formula is C14H11N3O2. The summed E-state index contributed by atoms with van der Waals surface area (Å²) in [5.41, 5.74) is 2.05. The van der Waals surface area contributed by atoms with Crippen LogP contribution in [-0.4, -0.2) is 16.0 Å². The van der Waals surface area contributed by atoms with Crippen LogP contribution in [0.15, 0.2) is 53.3 Å². The molecule has 0 bridgehead atoms. The van der Waals surface area contributed by atoms with Gasteiger partial charge in [0.15, 0.2) is 5.58 Å². The van der Waals surface area contributed by atoms with E-state index in [1.54, 1.807) is 24.5 Å². The third-order valence-corrected chi connectivity index (χ3v) is 2.74. The Kier molecular flexibility index (Phi) is 2.94. The smallest absolute Gasteiger partial charge is 0.230 e. The van der Waals surface area contributed by atoms with Crippen LogP contribution in [0.1, 0.15) is 5.69 Å². The summed E-state index contributed by atoms with van der Waals surface area (Å²) in [6.45, 7) is 0. The van der Waals surface area contributed by atoms with Crippen LogP contribution in [0.4, 0.5) is 5.69 Å². The van der Waals surface area contributed by atoms with E-state index in [1.165, 1.54) is 0 Å². The topological polar surface area (TPSA) is 68.0 Å². The van der Waals surface area contributed by atoms with Crippen molar-refractivity contribution in [2.24, 2.45) is 0 Å². The molecule has 3 rings (SSSR count). The fraction of sp³-hybridized carbons (Fsp3) is 0.0714. The maximum absolute atomic E-state index is 11.9. The highest BCUT2D eigenvalue weighted by molar-refractivity contribution is 5.94. The number of amides is 1. The van der Waals surface area contributed by atoms with Gasteiger partial charge in [0.05, 0.1) is 6.42 Å². The lowest BCUT2D eigenvalue weighted by molar-refractivity contribution is -0.115. The van der Waals surface area contributed by atoms with Crippen LogP contribution in [0, 0.1) is 0 Å². The maximum atomic E-state index is 11.9. The van der Waals surface area contributed by atoms with E-state index in [0.29, 0.717) is 17.0 Å². The molecule has 2 heterocycles. The number of nitrogens with zero attached hydrogens (tertiary/aromatic N) is 2. The summed E-state index contributed by atoms with van der Waals surface area (Å²) < 4.78 is 5.16. The van der Waals surface area contributed by atoms with Crippen molar-refractivity contribution in [2.75, 3.05) is 5.32 Å². The number of pyridine rings is 1. The van der Waals surface area contributed by atoms with Crippen LogP contribution in [0.25, 0.3) is 11.0 Å². The summed E-state index contributed by atoms with van der Waals surface area (Å²) in [5.74, 6) is -0.134. The monoisotopic (exact) mass is 253 g/mol. The molecule has 94 valence electrons. The molecule has 0 atom stereocenters. The molecule has 0 spiro atoms. The summed E-state index contributed by atoms with van der Waals surface area (Å²) in [4.78, 5) is 15.8. The summed E-state index contributed by atoms with van der Waals surface area (Å²) in [7, 11) is 0. The molecule has 1 N–H and O–H groups in total. The first-order valence-electron chi connectivity index (χ1n) is 5.86. The minimum atomic E-state index is -0.134. The van der Waals surface area contributed by atoms with Gasteiger partial charge in [-0.25, -0.2) is 0 Å². The zero-order chi connectivity index (χ0) is 13.1. The number of benzene rings is 1. The van der Waals surface area contributed by atoms with Crippen LogP contribution in [0.2, 0.25) is 0 Å². The van der Waals surface area contributed by atoms with Gasteiger partial charge >= 0.3 is 0 Å². The molecule has 1 amide bonds. The molecule has 0 aliphatic heterocycles. The number of anilines is 1. The van der Waals surface area contributed by atoms with Crippen molar-refractivity contribution in [1.82, 2.24) is 10.1 Å². The predicted octanol–water partition coefficient (Wildman–Crippen LogP) is 2.40. The van der Waals surface area contributed by atoms with Gasteiger partial charge in [0, 0.05) is 23.5 Å². The summed E-state index contributed by atoms with van der Waals surface area (Å²) >= 11 is 0. The van der Waals surface area contributed by atoms with Gasteiger partial charge in [-0.2, -0.15) is 0 Å². The summed E-state index contributed by atoms with van der Waals surface area (Å²) in [6, 6.07) is 10.9. The lowest BCUT2D eigenvalue weighted by Crippen LogP contribution is -2.14. The largest absolute Gasteiger partial charge is 0.356 e. The Bertz CT molecular complexity index is 707. The van der Waals surface area contributed by atoms with Gasteiger partial charge < -0.3 is 9.84 Å². The second kappa shape index (κ2) is 4.89. The molecule has 0 aliphatic carbocycles. The Morgan fingerprint density at radius 2 is 1.95 bits per heavy atom. The highest BCUT2D eigenvalue weighted by Crippen LogP contribution is 2.18. The number of para-hydroxylation sites is 1. The molecule has 19 heavy (non-hydrogen) atoms. The molecule has 5 heteroatoms. The third-order valence-electron chi connectivity index (χ3n) is 2.74. The number of rotatable bonds is 3. The summed E-state index contributed by atoms with van der Waals surface area (Å²) in [6.07, 6.45) is 3.43. The highest BCUT2D eigenvalue weighted by atomic mass is 16.5. The number of aromatic nitrogens is 2. The van der Waals surface area contributed by atoms with E-state index in [4.69, 9.17) is 4.52 Å². The van der Waals surface area contributed by atoms with E-state index in [0.717, 1.165) is 5.39 Å². The van der Waals surface area contributed by atoms with Gasteiger partial charge in [-0.3, -0.25) is 9.78 Å².